The SMILES string of the molecule is CCCCCCCCCCCCCCCCCCCCCCCCC(=O)O[C@H](COC(=O)CCCCCCCCCCCCCCCCCCCCCCC)COP(=O)(O)OC[C@@H](O)COP(=O)(O)OC[C@@H](COC(=O)CCCCCCCCCCC)OC(=O)CCCCCCCCCCCCCCCC. The molecule has 0 aliphatic rings. The van der Waals surface area contributed by atoms with Gasteiger partial charge in [-0.15, -0.1) is 0 Å². The van der Waals surface area contributed by atoms with Crippen molar-refractivity contribution in [1.82, 2.24) is 0 Å². The van der Waals surface area contributed by atoms with E-state index in [2.05, 4.69) is 27.7 Å². The van der Waals surface area contributed by atoms with Gasteiger partial charge in [-0.3, -0.25) is 37.3 Å². The molecule has 17 nitrogen and oxygen atoms in total. The fraction of sp³-hybridized carbons (Fsp3) is 0.954. The first kappa shape index (κ1) is 104. The molecule has 0 spiro atoms. The second-order valence-corrected chi connectivity index (χ2v) is 34.2. The number of hydrogen-bond acceptors (Lipinski definition) is 15. The predicted molar refractivity (Wildman–Crippen MR) is 437 cm³/mol. The molecule has 0 amide bonds. The average molecular weight is 1550 g/mol. The Morgan fingerprint density at radius 1 is 0.226 bits per heavy atom. The van der Waals surface area contributed by atoms with Crippen LogP contribution in [0.15, 0.2) is 0 Å². The van der Waals surface area contributed by atoms with Gasteiger partial charge in [0.05, 0.1) is 26.4 Å². The molecule has 0 aromatic carbocycles. The van der Waals surface area contributed by atoms with Crippen LogP contribution in [-0.2, 0) is 65.4 Å². The van der Waals surface area contributed by atoms with Crippen molar-refractivity contribution in [1.29, 1.82) is 0 Å². The number of carbonyl (C=O) groups is 4. The minimum Gasteiger partial charge on any atom is -0.462 e. The standard InChI is InChI=1S/C87H170O17P2/c1-5-9-13-17-21-25-28-31-34-36-38-40-42-44-46-48-51-54-58-62-66-70-74-87(92)104-83(78-98-85(90)72-68-64-60-56-52-50-47-45-43-41-39-37-35-32-29-26-22-18-14-10-6-2)80-102-106(95,96)100-76-81(88)75-99-105(93,94)101-79-82(77-97-84(89)71-67-63-59-55-24-20-16-12-8-4)103-86(91)73-69-65-61-57-53-49-33-30-27-23-19-15-11-7-3/h81-83,88H,5-80H2,1-4H3,(H,93,94)(H,95,96)/t81-,82+,83+/m0/s1. The second kappa shape index (κ2) is 81.1. The number of ether oxygens (including phenoxy) is 4. The van der Waals surface area contributed by atoms with E-state index < -0.39 is 97.5 Å². The molecule has 0 heterocycles. The molecule has 0 radical (unpaired) electrons. The van der Waals surface area contributed by atoms with Crippen LogP contribution < -0.4 is 0 Å². The van der Waals surface area contributed by atoms with Gasteiger partial charge in [-0.2, -0.15) is 0 Å². The number of hydrogen-bond donors (Lipinski definition) is 3. The van der Waals surface area contributed by atoms with Crippen LogP contribution in [-0.4, -0.2) is 96.7 Å². The Morgan fingerprint density at radius 3 is 0.557 bits per heavy atom. The number of phosphoric ester groups is 2. The molecule has 0 aliphatic carbocycles. The number of carbonyl (C=O) groups excluding carboxylic acids is 4. The third kappa shape index (κ3) is 80.1. The first-order valence-electron chi connectivity index (χ1n) is 45.3. The Labute approximate surface area is 651 Å². The fourth-order valence-corrected chi connectivity index (χ4v) is 15.3. The van der Waals surface area contributed by atoms with E-state index in [-0.39, 0.29) is 25.7 Å². The van der Waals surface area contributed by atoms with Crippen LogP contribution in [0.4, 0.5) is 0 Å². The highest BCUT2D eigenvalue weighted by atomic mass is 31.2. The summed E-state index contributed by atoms with van der Waals surface area (Å²) in [5.74, 6) is -2.10. The van der Waals surface area contributed by atoms with Crippen LogP contribution in [0.25, 0.3) is 0 Å². The van der Waals surface area contributed by atoms with E-state index in [1.165, 1.54) is 308 Å². The number of esters is 4. The van der Waals surface area contributed by atoms with Gasteiger partial charge in [0.25, 0.3) is 0 Å². The molecule has 0 fully saturated rings. The first-order chi connectivity index (χ1) is 51.7. The lowest BCUT2D eigenvalue weighted by Crippen LogP contribution is -2.30. The number of rotatable bonds is 88. The fourth-order valence-electron chi connectivity index (χ4n) is 13.7. The molecule has 0 aromatic heterocycles. The Hall–Kier alpha value is -1.94. The van der Waals surface area contributed by atoms with Gasteiger partial charge in [-0.25, -0.2) is 9.13 Å². The minimum atomic E-state index is -4.97. The minimum absolute atomic E-state index is 0.109. The number of phosphoric acid groups is 2. The van der Waals surface area contributed by atoms with Crippen molar-refractivity contribution in [2.24, 2.45) is 0 Å². The Morgan fingerprint density at radius 2 is 0.377 bits per heavy atom. The first-order valence-corrected chi connectivity index (χ1v) is 48.3. The summed E-state index contributed by atoms with van der Waals surface area (Å²) in [7, 11) is -9.92. The number of unbranched alkanes of at least 4 members (excludes halogenated alkanes) is 62. The lowest BCUT2D eigenvalue weighted by molar-refractivity contribution is -0.161. The normalized spacial score (nSPS) is 13.7. The largest absolute Gasteiger partial charge is 0.472 e. The van der Waals surface area contributed by atoms with Gasteiger partial charge in [0, 0.05) is 25.7 Å². The lowest BCUT2D eigenvalue weighted by Gasteiger charge is -2.21. The molecule has 5 atom stereocenters. The molecule has 0 saturated carbocycles. The van der Waals surface area contributed by atoms with E-state index in [1.54, 1.807) is 0 Å². The summed E-state index contributed by atoms with van der Waals surface area (Å²) < 4.78 is 68.9. The molecule has 19 heteroatoms. The second-order valence-electron chi connectivity index (χ2n) is 31.3. The molecule has 0 saturated heterocycles. The lowest BCUT2D eigenvalue weighted by atomic mass is 10.0. The van der Waals surface area contributed by atoms with E-state index >= 15 is 0 Å². The molecule has 2 unspecified atom stereocenters. The number of aliphatic hydroxyl groups is 1. The molecule has 106 heavy (non-hydrogen) atoms. The Kier molecular flexibility index (Phi) is 79.6. The van der Waals surface area contributed by atoms with Crippen LogP contribution in [0, 0.1) is 0 Å². The van der Waals surface area contributed by atoms with Gasteiger partial charge in [-0.1, -0.05) is 426 Å². The summed E-state index contributed by atoms with van der Waals surface area (Å²) in [6.07, 6.45) is 76.6. The van der Waals surface area contributed by atoms with Crippen LogP contribution >= 0.6 is 15.6 Å². The van der Waals surface area contributed by atoms with Crippen molar-refractivity contribution in [2.45, 2.75) is 495 Å². The molecular formula is C87H170O17P2. The molecule has 0 aliphatic heterocycles. The number of aliphatic hydroxyl groups excluding tert-OH is 1. The summed E-state index contributed by atoms with van der Waals surface area (Å²) >= 11 is 0. The van der Waals surface area contributed by atoms with Gasteiger partial charge in [0.15, 0.2) is 12.2 Å². The van der Waals surface area contributed by atoms with Gasteiger partial charge < -0.3 is 33.8 Å². The van der Waals surface area contributed by atoms with Crippen molar-refractivity contribution in [2.75, 3.05) is 39.6 Å². The molecule has 0 rings (SSSR count). The maximum Gasteiger partial charge on any atom is 0.472 e. The van der Waals surface area contributed by atoms with E-state index in [9.17, 15) is 43.2 Å². The van der Waals surface area contributed by atoms with Crippen molar-refractivity contribution >= 4 is 39.5 Å². The summed E-state index contributed by atoms with van der Waals surface area (Å²) in [4.78, 5) is 73.2. The third-order valence-corrected chi connectivity index (χ3v) is 22.5. The highest BCUT2D eigenvalue weighted by Crippen LogP contribution is 2.45. The molecule has 0 aromatic rings. The van der Waals surface area contributed by atoms with E-state index in [0.717, 1.165) is 89.9 Å². The Balaban J connectivity index is 5.18. The van der Waals surface area contributed by atoms with Gasteiger partial charge in [0.1, 0.15) is 19.3 Å². The Bertz CT molecular complexity index is 2000. The predicted octanol–water partition coefficient (Wildman–Crippen LogP) is 26.9. The zero-order valence-corrected chi connectivity index (χ0v) is 71.2. The van der Waals surface area contributed by atoms with Crippen LogP contribution in [0.5, 0.6) is 0 Å². The quantitative estimate of drug-likeness (QED) is 0.0222. The maximum atomic E-state index is 13.2. The third-order valence-electron chi connectivity index (χ3n) is 20.6. The summed E-state index contributed by atoms with van der Waals surface area (Å²) in [6, 6.07) is 0. The molecule has 630 valence electrons. The highest BCUT2D eigenvalue weighted by Gasteiger charge is 2.30. The van der Waals surface area contributed by atoms with E-state index in [4.69, 9.17) is 37.0 Å². The van der Waals surface area contributed by atoms with E-state index in [0.29, 0.717) is 25.7 Å². The zero-order valence-electron chi connectivity index (χ0n) is 69.4. The molecular weight excluding hydrogens is 1380 g/mol. The summed E-state index contributed by atoms with van der Waals surface area (Å²) in [5, 5.41) is 10.7. The van der Waals surface area contributed by atoms with Crippen LogP contribution in [0.2, 0.25) is 0 Å². The van der Waals surface area contributed by atoms with Crippen LogP contribution in [0.1, 0.15) is 477 Å². The van der Waals surface area contributed by atoms with Crippen molar-refractivity contribution in [3.05, 3.63) is 0 Å². The smallest absolute Gasteiger partial charge is 0.462 e. The summed E-state index contributed by atoms with van der Waals surface area (Å²) in [6.45, 7) is 5.04. The van der Waals surface area contributed by atoms with E-state index in [1.807, 2.05) is 0 Å². The highest BCUT2D eigenvalue weighted by molar-refractivity contribution is 7.47. The monoisotopic (exact) mass is 1550 g/mol. The summed E-state index contributed by atoms with van der Waals surface area (Å²) in [5.41, 5.74) is 0. The van der Waals surface area contributed by atoms with Crippen molar-refractivity contribution in [3.63, 3.8) is 0 Å². The van der Waals surface area contributed by atoms with Crippen molar-refractivity contribution < 1.29 is 80.2 Å². The van der Waals surface area contributed by atoms with Crippen molar-refractivity contribution in [3.8, 4) is 0 Å². The maximum absolute atomic E-state index is 13.2. The van der Waals surface area contributed by atoms with Gasteiger partial charge >= 0.3 is 39.5 Å². The topological polar surface area (TPSA) is 237 Å². The van der Waals surface area contributed by atoms with Gasteiger partial charge in [0.2, 0.25) is 0 Å². The zero-order chi connectivity index (χ0) is 77.4. The van der Waals surface area contributed by atoms with Gasteiger partial charge in [-0.05, 0) is 25.7 Å². The van der Waals surface area contributed by atoms with Crippen LogP contribution in [0.3, 0.4) is 0 Å². The average Bonchev–Trinajstić information content (AvgIpc) is 0.900. The molecule has 0 bridgehead atoms. The molecule has 3 N–H and O–H groups in total.